The van der Waals surface area contributed by atoms with Crippen molar-refractivity contribution in [3.05, 3.63) is 99.8 Å². The van der Waals surface area contributed by atoms with Crippen LogP contribution in [-0.2, 0) is 17.4 Å². The number of hydrogen-bond donors (Lipinski definition) is 0. The summed E-state index contributed by atoms with van der Waals surface area (Å²) < 4.78 is 42.0. The van der Waals surface area contributed by atoms with E-state index >= 15 is 0 Å². The molecule has 1 aliphatic heterocycles. The molecule has 0 N–H and O–H groups in total. The standard InChI is InChI=1S/C27H20F3NO2S/c1-16(32)23-15-34-26-25(19-9-5-10-21(13-19)27(28,29)30)20(14-24(33)31(23)26)12-18-8-4-7-17-6-2-3-11-22(17)18/h2-11,13-14,23H,12,15H2,1H3. The predicted molar refractivity (Wildman–Crippen MR) is 128 cm³/mol. The van der Waals surface area contributed by atoms with Crippen molar-refractivity contribution >= 4 is 28.3 Å². The number of benzene rings is 3. The Labute approximate surface area is 198 Å². The van der Waals surface area contributed by atoms with Gasteiger partial charge in [-0.2, -0.15) is 13.2 Å². The van der Waals surface area contributed by atoms with Crippen LogP contribution in [0.1, 0.15) is 29.7 Å². The van der Waals surface area contributed by atoms with Crippen LogP contribution in [0.2, 0.25) is 0 Å². The molecule has 2 heterocycles. The van der Waals surface area contributed by atoms with Crippen molar-refractivity contribution in [2.45, 2.75) is 30.6 Å². The van der Waals surface area contributed by atoms with E-state index in [0.29, 0.717) is 33.9 Å². The first-order chi connectivity index (χ1) is 16.2. The summed E-state index contributed by atoms with van der Waals surface area (Å²) in [5.74, 6) is 0.235. The molecule has 0 fully saturated rings. The molecule has 0 saturated heterocycles. The molecule has 0 saturated carbocycles. The van der Waals surface area contributed by atoms with E-state index in [9.17, 15) is 22.8 Å². The fraction of sp³-hybridized carbons (Fsp3) is 0.185. The Bertz CT molecular complexity index is 1480. The van der Waals surface area contributed by atoms with Crippen LogP contribution < -0.4 is 5.56 Å². The van der Waals surface area contributed by atoms with Gasteiger partial charge in [-0.05, 0) is 52.9 Å². The molecule has 1 unspecified atom stereocenters. The van der Waals surface area contributed by atoms with Crippen molar-refractivity contribution < 1.29 is 18.0 Å². The molecule has 0 spiro atoms. The Morgan fingerprint density at radius 2 is 1.74 bits per heavy atom. The highest BCUT2D eigenvalue weighted by Crippen LogP contribution is 2.43. The Kier molecular flexibility index (Phi) is 5.60. The van der Waals surface area contributed by atoms with E-state index in [1.165, 1.54) is 35.4 Å². The number of carbonyl (C=O) groups excluding carboxylic acids is 1. The van der Waals surface area contributed by atoms with Gasteiger partial charge in [0.15, 0.2) is 5.78 Å². The Morgan fingerprint density at radius 3 is 2.50 bits per heavy atom. The number of alkyl halides is 3. The SMILES string of the molecule is CC(=O)C1CSc2c(-c3cccc(C(F)(F)F)c3)c(Cc3cccc4ccccc34)cc(=O)n21. The zero-order valence-corrected chi connectivity index (χ0v) is 19.0. The van der Waals surface area contributed by atoms with E-state index < -0.39 is 17.8 Å². The molecule has 3 nitrogen and oxygen atoms in total. The maximum Gasteiger partial charge on any atom is 0.416 e. The second-order valence-electron chi connectivity index (χ2n) is 8.39. The third kappa shape index (κ3) is 3.94. The molecule has 0 bridgehead atoms. The van der Waals surface area contributed by atoms with Crippen LogP contribution in [0.15, 0.2) is 82.6 Å². The van der Waals surface area contributed by atoms with E-state index in [2.05, 4.69) is 0 Å². The zero-order chi connectivity index (χ0) is 24.0. The second kappa shape index (κ2) is 8.47. The van der Waals surface area contributed by atoms with E-state index in [1.54, 1.807) is 6.07 Å². The first-order valence-electron chi connectivity index (χ1n) is 10.8. The molecule has 4 aromatic rings. The van der Waals surface area contributed by atoms with Gasteiger partial charge in [0.1, 0.15) is 6.04 Å². The lowest BCUT2D eigenvalue weighted by atomic mass is 9.93. The number of halogens is 3. The maximum absolute atomic E-state index is 13.5. The number of thioether (sulfide) groups is 1. The molecule has 1 atom stereocenters. The Balaban J connectivity index is 1.75. The van der Waals surface area contributed by atoms with Crippen LogP contribution in [0.5, 0.6) is 0 Å². The summed E-state index contributed by atoms with van der Waals surface area (Å²) in [6.07, 6.45) is -4.11. The minimum absolute atomic E-state index is 0.148. The fourth-order valence-electron chi connectivity index (χ4n) is 4.57. The van der Waals surface area contributed by atoms with Gasteiger partial charge in [0, 0.05) is 17.4 Å². The summed E-state index contributed by atoms with van der Waals surface area (Å²) in [6.45, 7) is 1.43. The molecule has 1 aliphatic rings. The quantitative estimate of drug-likeness (QED) is 0.335. The third-order valence-corrected chi connectivity index (χ3v) is 7.34. The molecule has 0 radical (unpaired) electrons. The lowest BCUT2D eigenvalue weighted by Crippen LogP contribution is -2.28. The van der Waals surface area contributed by atoms with E-state index in [1.807, 2.05) is 42.5 Å². The average Bonchev–Trinajstić information content (AvgIpc) is 3.25. The van der Waals surface area contributed by atoms with Gasteiger partial charge in [0.2, 0.25) is 0 Å². The molecule has 1 aromatic heterocycles. The normalized spacial score (nSPS) is 15.5. The predicted octanol–water partition coefficient (Wildman–Crippen LogP) is 6.51. The molecule has 0 aliphatic carbocycles. The van der Waals surface area contributed by atoms with Gasteiger partial charge >= 0.3 is 6.18 Å². The van der Waals surface area contributed by atoms with Gasteiger partial charge in [-0.15, -0.1) is 11.8 Å². The zero-order valence-electron chi connectivity index (χ0n) is 18.2. The summed E-state index contributed by atoms with van der Waals surface area (Å²) in [4.78, 5) is 25.3. The molecule has 0 amide bonds. The molecular weight excluding hydrogens is 459 g/mol. The number of rotatable bonds is 4. The van der Waals surface area contributed by atoms with Crippen LogP contribution in [0.25, 0.3) is 21.9 Å². The van der Waals surface area contributed by atoms with E-state index in [-0.39, 0.29) is 11.3 Å². The van der Waals surface area contributed by atoms with Crippen LogP contribution in [0, 0.1) is 0 Å². The number of aromatic nitrogens is 1. The highest BCUT2D eigenvalue weighted by molar-refractivity contribution is 7.99. The first kappa shape index (κ1) is 22.5. The van der Waals surface area contributed by atoms with Crippen molar-refractivity contribution in [2.24, 2.45) is 0 Å². The summed E-state index contributed by atoms with van der Waals surface area (Å²) in [5, 5.41) is 2.61. The van der Waals surface area contributed by atoms with E-state index in [0.717, 1.165) is 28.5 Å². The fourth-order valence-corrected chi connectivity index (χ4v) is 6.02. The maximum atomic E-state index is 13.5. The van der Waals surface area contributed by atoms with Crippen molar-refractivity contribution in [1.82, 2.24) is 4.57 Å². The summed E-state index contributed by atoms with van der Waals surface area (Å²) >= 11 is 1.34. The van der Waals surface area contributed by atoms with Gasteiger partial charge in [0.25, 0.3) is 5.56 Å². The van der Waals surface area contributed by atoms with Crippen molar-refractivity contribution in [2.75, 3.05) is 5.75 Å². The monoisotopic (exact) mass is 479 g/mol. The number of fused-ring (bicyclic) bond motifs is 2. The molecule has 5 rings (SSSR count). The van der Waals surface area contributed by atoms with Gasteiger partial charge in [0.05, 0.1) is 10.6 Å². The topological polar surface area (TPSA) is 39.1 Å². The largest absolute Gasteiger partial charge is 0.416 e. The van der Waals surface area contributed by atoms with Crippen molar-refractivity contribution in [3.63, 3.8) is 0 Å². The minimum Gasteiger partial charge on any atom is -0.298 e. The number of Topliss-reactive ketones (excluding diaryl/α,β-unsaturated/α-hetero) is 1. The Hall–Kier alpha value is -3.32. The smallest absolute Gasteiger partial charge is 0.298 e. The lowest BCUT2D eigenvalue weighted by molar-refractivity contribution is -0.137. The Morgan fingerprint density at radius 1 is 1.00 bits per heavy atom. The number of pyridine rings is 1. The second-order valence-corrected chi connectivity index (χ2v) is 9.40. The summed E-state index contributed by atoms with van der Waals surface area (Å²) in [6, 6.07) is 19.8. The molecule has 172 valence electrons. The van der Waals surface area contributed by atoms with Crippen LogP contribution in [-0.4, -0.2) is 16.1 Å². The van der Waals surface area contributed by atoms with Crippen molar-refractivity contribution in [1.29, 1.82) is 0 Å². The van der Waals surface area contributed by atoms with Crippen LogP contribution >= 0.6 is 11.8 Å². The van der Waals surface area contributed by atoms with Crippen molar-refractivity contribution in [3.8, 4) is 11.1 Å². The molecule has 3 aromatic carbocycles. The summed E-state index contributed by atoms with van der Waals surface area (Å²) in [5.41, 5.74) is 1.51. The lowest BCUT2D eigenvalue weighted by Gasteiger charge is -2.19. The van der Waals surface area contributed by atoms with Gasteiger partial charge in [-0.1, -0.05) is 54.6 Å². The highest BCUT2D eigenvalue weighted by Gasteiger charge is 2.33. The number of nitrogens with zero attached hydrogens (tertiary/aromatic N) is 1. The first-order valence-corrected chi connectivity index (χ1v) is 11.8. The number of hydrogen-bond acceptors (Lipinski definition) is 3. The minimum atomic E-state index is -4.49. The van der Waals surface area contributed by atoms with Gasteiger partial charge in [-0.3, -0.25) is 14.2 Å². The number of ketones is 1. The molecule has 7 heteroatoms. The van der Waals surface area contributed by atoms with Gasteiger partial charge < -0.3 is 0 Å². The third-order valence-electron chi connectivity index (χ3n) is 6.19. The summed E-state index contributed by atoms with van der Waals surface area (Å²) in [7, 11) is 0. The van der Waals surface area contributed by atoms with E-state index in [4.69, 9.17) is 0 Å². The van der Waals surface area contributed by atoms with Crippen LogP contribution in [0.4, 0.5) is 13.2 Å². The van der Waals surface area contributed by atoms with Gasteiger partial charge in [-0.25, -0.2) is 0 Å². The number of carbonyl (C=O) groups is 1. The average molecular weight is 480 g/mol. The van der Waals surface area contributed by atoms with Crippen LogP contribution in [0.3, 0.4) is 0 Å². The molecule has 34 heavy (non-hydrogen) atoms. The highest BCUT2D eigenvalue weighted by atomic mass is 32.2. The molecular formula is C27H20F3NO2S.